The van der Waals surface area contributed by atoms with Crippen molar-refractivity contribution in [1.29, 1.82) is 0 Å². The van der Waals surface area contributed by atoms with Crippen molar-refractivity contribution < 1.29 is 4.74 Å². The van der Waals surface area contributed by atoms with Gasteiger partial charge in [0.25, 0.3) is 6.01 Å². The molecule has 1 aliphatic carbocycles. The molecule has 3 N–H and O–H groups in total. The van der Waals surface area contributed by atoms with Gasteiger partial charge in [-0.05, 0) is 37.5 Å². The number of aromatic nitrogens is 4. The van der Waals surface area contributed by atoms with E-state index in [4.69, 9.17) is 15.5 Å². The van der Waals surface area contributed by atoms with Crippen molar-refractivity contribution in [3.05, 3.63) is 59.4 Å². The van der Waals surface area contributed by atoms with Gasteiger partial charge >= 0.3 is 0 Å². The van der Waals surface area contributed by atoms with Gasteiger partial charge in [-0.3, -0.25) is 4.57 Å². The number of aryl methyl sites for hydroxylation is 1. The molecule has 0 atom stereocenters. The Bertz CT molecular complexity index is 1150. The molecule has 0 radical (unpaired) electrons. The average Bonchev–Trinajstić information content (AvgIpc) is 3.38. The highest BCUT2D eigenvalue weighted by Gasteiger charge is 2.28. The average molecular weight is 373 g/mol. The lowest BCUT2D eigenvalue weighted by Gasteiger charge is -2.09. The van der Waals surface area contributed by atoms with Crippen LogP contribution in [-0.4, -0.2) is 26.6 Å². The van der Waals surface area contributed by atoms with E-state index in [1.807, 2.05) is 24.3 Å². The molecule has 0 spiro atoms. The number of nitrogens with zero attached hydrogens (tertiary/aromatic N) is 3. The molecule has 1 saturated carbocycles. The summed E-state index contributed by atoms with van der Waals surface area (Å²) in [5.74, 6) is 1.47. The van der Waals surface area contributed by atoms with E-state index in [1.54, 1.807) is 7.11 Å². The number of H-pyrrole nitrogens is 1. The maximum Gasteiger partial charge on any atom is 0.297 e. The zero-order chi connectivity index (χ0) is 19.3. The minimum atomic E-state index is 0.553. The summed E-state index contributed by atoms with van der Waals surface area (Å²) >= 11 is 0. The van der Waals surface area contributed by atoms with E-state index in [0.29, 0.717) is 24.2 Å². The molecule has 28 heavy (non-hydrogen) atoms. The number of nitrogens with one attached hydrogen (secondary N) is 1. The van der Waals surface area contributed by atoms with Crippen molar-refractivity contribution in [3.8, 4) is 17.4 Å². The molecule has 0 bridgehead atoms. The van der Waals surface area contributed by atoms with Crippen LogP contribution >= 0.6 is 0 Å². The smallest absolute Gasteiger partial charge is 0.297 e. The Kier molecular flexibility index (Phi) is 3.86. The largest absolute Gasteiger partial charge is 0.468 e. The molecule has 0 amide bonds. The molecule has 5 rings (SSSR count). The molecule has 0 saturated heterocycles. The highest BCUT2D eigenvalue weighted by Crippen LogP contribution is 2.41. The molecular formula is C22H23N5O. The van der Waals surface area contributed by atoms with Crippen molar-refractivity contribution in [1.82, 2.24) is 19.5 Å². The second-order valence-electron chi connectivity index (χ2n) is 7.47. The topological polar surface area (TPSA) is 81.8 Å². The van der Waals surface area contributed by atoms with Crippen LogP contribution in [0.15, 0.2) is 42.5 Å². The molecule has 2 aromatic carbocycles. The first-order chi connectivity index (χ1) is 13.6. The summed E-state index contributed by atoms with van der Waals surface area (Å²) in [7, 11) is 1.64. The van der Waals surface area contributed by atoms with Crippen LogP contribution in [0.1, 0.15) is 35.7 Å². The lowest BCUT2D eigenvalue weighted by Crippen LogP contribution is -2.02. The van der Waals surface area contributed by atoms with E-state index < -0.39 is 0 Å². The van der Waals surface area contributed by atoms with E-state index in [2.05, 4.69) is 39.7 Å². The molecule has 142 valence electrons. The Morgan fingerprint density at radius 3 is 2.68 bits per heavy atom. The minimum Gasteiger partial charge on any atom is -0.468 e. The van der Waals surface area contributed by atoms with Gasteiger partial charge in [0, 0.05) is 17.2 Å². The molecule has 1 aliphatic rings. The number of ether oxygens (including phenoxy) is 1. The highest BCUT2D eigenvalue weighted by atomic mass is 16.5. The summed E-state index contributed by atoms with van der Waals surface area (Å²) in [6, 6.07) is 14.9. The van der Waals surface area contributed by atoms with Gasteiger partial charge in [0.2, 0.25) is 0 Å². The number of hydrogen-bond donors (Lipinski definition) is 2. The number of benzene rings is 2. The van der Waals surface area contributed by atoms with Crippen LogP contribution in [0.4, 0.5) is 5.69 Å². The van der Waals surface area contributed by atoms with Gasteiger partial charge in [0.15, 0.2) is 0 Å². The minimum absolute atomic E-state index is 0.553. The quantitative estimate of drug-likeness (QED) is 0.512. The van der Waals surface area contributed by atoms with E-state index >= 15 is 0 Å². The number of nitrogen functional groups attached to an aromatic ring is 1. The lowest BCUT2D eigenvalue weighted by molar-refractivity contribution is 0.364. The van der Waals surface area contributed by atoms with Crippen LogP contribution in [-0.2, 0) is 6.54 Å². The number of imidazole rings is 2. The maximum atomic E-state index is 6.37. The van der Waals surface area contributed by atoms with Crippen molar-refractivity contribution >= 4 is 16.7 Å². The number of fused-ring (bicyclic) bond motifs is 1. The summed E-state index contributed by atoms with van der Waals surface area (Å²) < 4.78 is 7.60. The predicted octanol–water partition coefficient (Wildman–Crippen LogP) is 4.25. The van der Waals surface area contributed by atoms with Crippen molar-refractivity contribution in [3.63, 3.8) is 0 Å². The number of anilines is 1. The normalized spacial score (nSPS) is 13.9. The van der Waals surface area contributed by atoms with Gasteiger partial charge in [-0.2, -0.15) is 4.98 Å². The van der Waals surface area contributed by atoms with Gasteiger partial charge in [-0.25, -0.2) is 4.98 Å². The zero-order valence-corrected chi connectivity index (χ0v) is 16.1. The van der Waals surface area contributed by atoms with Crippen LogP contribution in [0.5, 0.6) is 6.01 Å². The molecular weight excluding hydrogens is 350 g/mol. The fourth-order valence-electron chi connectivity index (χ4n) is 3.80. The van der Waals surface area contributed by atoms with Crippen LogP contribution < -0.4 is 10.5 Å². The molecule has 1 fully saturated rings. The number of nitrogens with two attached hydrogens (primary N) is 1. The van der Waals surface area contributed by atoms with Gasteiger partial charge in [-0.1, -0.05) is 30.3 Å². The standard InChI is InChI=1S/C22H23N5O/c1-13-19(15-8-9-15)25-21(24-13)16-10-17(23)20-18(11-16)27(22(26-20)28-2)12-14-6-4-3-5-7-14/h3-7,10-11,15H,8-9,12,23H2,1-2H3,(H,24,25). The van der Waals surface area contributed by atoms with E-state index in [1.165, 1.54) is 24.1 Å². The predicted molar refractivity (Wildman–Crippen MR) is 111 cm³/mol. The number of methoxy groups -OCH3 is 1. The fraction of sp³-hybridized carbons (Fsp3) is 0.273. The Morgan fingerprint density at radius 2 is 1.96 bits per heavy atom. The third-order valence-electron chi connectivity index (χ3n) is 5.37. The molecule has 0 unspecified atom stereocenters. The first-order valence-corrected chi connectivity index (χ1v) is 9.58. The van der Waals surface area contributed by atoms with Gasteiger partial charge in [-0.15, -0.1) is 0 Å². The lowest BCUT2D eigenvalue weighted by atomic mass is 10.1. The van der Waals surface area contributed by atoms with Crippen molar-refractivity contribution in [2.75, 3.05) is 12.8 Å². The third kappa shape index (κ3) is 2.81. The summed E-state index contributed by atoms with van der Waals surface area (Å²) in [6.07, 6.45) is 2.46. The fourth-order valence-corrected chi connectivity index (χ4v) is 3.80. The zero-order valence-electron chi connectivity index (χ0n) is 16.1. The van der Waals surface area contributed by atoms with Gasteiger partial charge < -0.3 is 15.5 Å². The summed E-state index contributed by atoms with van der Waals surface area (Å²) in [5.41, 5.74) is 13.2. The Morgan fingerprint density at radius 1 is 1.18 bits per heavy atom. The Labute approximate surface area is 163 Å². The maximum absolute atomic E-state index is 6.37. The SMILES string of the molecule is COc1nc2c(N)cc(-c3nc(C4CC4)c(C)[nH]3)cc2n1Cc1ccccc1. The van der Waals surface area contributed by atoms with E-state index in [-0.39, 0.29) is 0 Å². The molecule has 6 nitrogen and oxygen atoms in total. The second-order valence-corrected chi connectivity index (χ2v) is 7.47. The van der Waals surface area contributed by atoms with Crippen LogP contribution in [0.2, 0.25) is 0 Å². The van der Waals surface area contributed by atoms with Gasteiger partial charge in [0.1, 0.15) is 11.3 Å². The summed E-state index contributed by atoms with van der Waals surface area (Å²) in [6.45, 7) is 2.75. The Balaban J connectivity index is 1.64. The van der Waals surface area contributed by atoms with Crippen LogP contribution in [0.3, 0.4) is 0 Å². The molecule has 2 aromatic heterocycles. The Hall–Kier alpha value is -3.28. The summed E-state index contributed by atoms with van der Waals surface area (Å²) in [5, 5.41) is 0. The first kappa shape index (κ1) is 16.9. The van der Waals surface area contributed by atoms with E-state index in [0.717, 1.165) is 28.1 Å². The summed E-state index contributed by atoms with van der Waals surface area (Å²) in [4.78, 5) is 12.9. The monoisotopic (exact) mass is 373 g/mol. The van der Waals surface area contributed by atoms with Crippen LogP contribution in [0.25, 0.3) is 22.4 Å². The second kappa shape index (κ2) is 6.41. The molecule has 2 heterocycles. The van der Waals surface area contributed by atoms with Crippen LogP contribution in [0, 0.1) is 6.92 Å². The van der Waals surface area contributed by atoms with Crippen molar-refractivity contribution in [2.24, 2.45) is 0 Å². The van der Waals surface area contributed by atoms with E-state index in [9.17, 15) is 0 Å². The number of hydrogen-bond acceptors (Lipinski definition) is 4. The highest BCUT2D eigenvalue weighted by molar-refractivity contribution is 5.92. The first-order valence-electron chi connectivity index (χ1n) is 9.58. The van der Waals surface area contributed by atoms with Gasteiger partial charge in [0.05, 0.1) is 30.6 Å². The molecule has 0 aliphatic heterocycles. The number of aromatic amines is 1. The third-order valence-corrected chi connectivity index (χ3v) is 5.37. The molecule has 4 aromatic rings. The van der Waals surface area contributed by atoms with Crippen molar-refractivity contribution in [2.45, 2.75) is 32.2 Å². The molecule has 6 heteroatoms. The number of rotatable bonds is 5.